The molecule has 0 fully saturated rings. The summed E-state index contributed by atoms with van der Waals surface area (Å²) >= 11 is 0. The van der Waals surface area contributed by atoms with Gasteiger partial charge in [-0.1, -0.05) is 12.0 Å². The van der Waals surface area contributed by atoms with E-state index in [0.717, 1.165) is 34.5 Å². The van der Waals surface area contributed by atoms with Crippen molar-refractivity contribution in [3.8, 4) is 17.6 Å². The third kappa shape index (κ3) is 3.15. The Morgan fingerprint density at radius 2 is 2.08 bits per heavy atom. The number of carbonyl (C=O) groups excluding carboxylic acids is 1. The van der Waals surface area contributed by atoms with Crippen LogP contribution in [0.3, 0.4) is 0 Å². The number of aryl methyl sites for hydroxylation is 1. The lowest BCUT2D eigenvalue weighted by Gasteiger charge is -2.04. The van der Waals surface area contributed by atoms with Gasteiger partial charge in [0.25, 0.3) is 0 Å². The number of fused-ring (bicyclic) bond motifs is 1. The fourth-order valence-electron chi connectivity index (χ4n) is 2.83. The second-order valence-corrected chi connectivity index (χ2v) is 5.48. The summed E-state index contributed by atoms with van der Waals surface area (Å²) in [5.74, 6) is 7.09. The number of ether oxygens (including phenoxy) is 1. The van der Waals surface area contributed by atoms with Crippen molar-refractivity contribution in [1.82, 2.24) is 4.57 Å². The number of nitrogens with one attached hydrogen (secondary N) is 1. The van der Waals surface area contributed by atoms with E-state index in [4.69, 9.17) is 10.5 Å². The van der Waals surface area contributed by atoms with Crippen molar-refractivity contribution in [3.63, 3.8) is 0 Å². The number of amides is 1. The monoisotopic (exact) mass is 333 g/mol. The first-order chi connectivity index (χ1) is 12.2. The molecule has 3 aromatic rings. The second-order valence-electron chi connectivity index (χ2n) is 5.48. The van der Waals surface area contributed by atoms with Crippen LogP contribution in [0.5, 0.6) is 5.75 Å². The highest BCUT2D eigenvalue weighted by Crippen LogP contribution is 2.31. The fraction of sp³-hybridized carbons (Fsp3) is 0.150. The van der Waals surface area contributed by atoms with Gasteiger partial charge in [-0.3, -0.25) is 4.79 Å². The summed E-state index contributed by atoms with van der Waals surface area (Å²) in [7, 11) is 1.64. The molecule has 1 amide bonds. The van der Waals surface area contributed by atoms with Crippen molar-refractivity contribution in [2.24, 2.45) is 0 Å². The van der Waals surface area contributed by atoms with Gasteiger partial charge in [-0.05, 0) is 43.2 Å². The van der Waals surface area contributed by atoms with Gasteiger partial charge in [0.1, 0.15) is 11.4 Å². The van der Waals surface area contributed by atoms with Crippen molar-refractivity contribution in [2.75, 3.05) is 18.2 Å². The number of aromatic nitrogens is 1. The van der Waals surface area contributed by atoms with Crippen LogP contribution in [0.2, 0.25) is 0 Å². The van der Waals surface area contributed by atoms with Gasteiger partial charge in [-0.15, -0.1) is 0 Å². The van der Waals surface area contributed by atoms with Gasteiger partial charge < -0.3 is 20.4 Å². The van der Waals surface area contributed by atoms with Crippen molar-refractivity contribution < 1.29 is 9.53 Å². The Balaban J connectivity index is 2.09. The highest BCUT2D eigenvalue weighted by Gasteiger charge is 2.13. The lowest BCUT2D eigenvalue weighted by atomic mass is 10.2. The largest absolute Gasteiger partial charge is 0.497 e. The molecular formula is C20H19N3O2. The topological polar surface area (TPSA) is 69.3 Å². The van der Waals surface area contributed by atoms with E-state index in [1.807, 2.05) is 42.5 Å². The maximum atomic E-state index is 10.6. The van der Waals surface area contributed by atoms with Crippen LogP contribution in [-0.4, -0.2) is 18.1 Å². The van der Waals surface area contributed by atoms with E-state index in [1.54, 1.807) is 7.11 Å². The molecular weight excluding hydrogens is 314 g/mol. The number of nitrogen functional groups attached to an aromatic ring is 1. The van der Waals surface area contributed by atoms with Gasteiger partial charge in [0, 0.05) is 29.2 Å². The molecule has 2 aromatic carbocycles. The Morgan fingerprint density at radius 3 is 2.80 bits per heavy atom. The molecule has 1 heterocycles. The summed E-state index contributed by atoms with van der Waals surface area (Å²) < 4.78 is 7.39. The number of nitrogens with zero attached hydrogens (tertiary/aromatic N) is 1. The summed E-state index contributed by atoms with van der Waals surface area (Å²) in [5.41, 5.74) is 10.3. The highest BCUT2D eigenvalue weighted by atomic mass is 16.5. The molecule has 5 nitrogen and oxygen atoms in total. The van der Waals surface area contributed by atoms with Crippen molar-refractivity contribution in [2.45, 2.75) is 13.5 Å². The third-order valence-corrected chi connectivity index (χ3v) is 4.04. The zero-order chi connectivity index (χ0) is 17.8. The van der Waals surface area contributed by atoms with E-state index in [9.17, 15) is 4.79 Å². The fourth-order valence-corrected chi connectivity index (χ4v) is 2.83. The van der Waals surface area contributed by atoms with Crippen LogP contribution in [0.15, 0.2) is 42.5 Å². The van der Waals surface area contributed by atoms with E-state index < -0.39 is 0 Å². The van der Waals surface area contributed by atoms with E-state index in [-0.39, 0.29) is 0 Å². The number of hydrogen-bond donors (Lipinski definition) is 2. The summed E-state index contributed by atoms with van der Waals surface area (Å²) in [6, 6.07) is 13.2. The van der Waals surface area contributed by atoms with Crippen LogP contribution in [0.4, 0.5) is 11.4 Å². The van der Waals surface area contributed by atoms with Crippen molar-refractivity contribution in [1.29, 1.82) is 0 Å². The van der Waals surface area contributed by atoms with Crippen LogP contribution < -0.4 is 15.8 Å². The quantitative estimate of drug-likeness (QED) is 0.569. The molecule has 0 aliphatic heterocycles. The summed E-state index contributed by atoms with van der Waals surface area (Å²) in [5, 5.41) is 3.58. The molecule has 1 aromatic heterocycles. The third-order valence-electron chi connectivity index (χ3n) is 4.04. The van der Waals surface area contributed by atoms with Gasteiger partial charge in [0.05, 0.1) is 18.3 Å². The van der Waals surface area contributed by atoms with Crippen molar-refractivity contribution >= 4 is 28.7 Å². The number of carbonyl (C=O) groups is 1. The minimum atomic E-state index is 0.646. The zero-order valence-electron chi connectivity index (χ0n) is 14.2. The predicted molar refractivity (Wildman–Crippen MR) is 101 cm³/mol. The van der Waals surface area contributed by atoms with Crippen LogP contribution in [0.1, 0.15) is 18.2 Å². The van der Waals surface area contributed by atoms with Gasteiger partial charge in [-0.2, -0.15) is 0 Å². The maximum absolute atomic E-state index is 10.6. The van der Waals surface area contributed by atoms with E-state index in [1.165, 1.54) is 0 Å². The minimum absolute atomic E-state index is 0.646. The zero-order valence-corrected chi connectivity index (χ0v) is 14.2. The lowest BCUT2D eigenvalue weighted by Crippen LogP contribution is -1.99. The van der Waals surface area contributed by atoms with Gasteiger partial charge >= 0.3 is 0 Å². The molecule has 0 aliphatic rings. The first-order valence-electron chi connectivity index (χ1n) is 7.96. The number of anilines is 2. The number of nitrogens with two attached hydrogens (primary N) is 1. The molecule has 0 bridgehead atoms. The number of hydrogen-bond acceptors (Lipinski definition) is 3. The van der Waals surface area contributed by atoms with Gasteiger partial charge in [0.15, 0.2) is 0 Å². The Morgan fingerprint density at radius 1 is 1.24 bits per heavy atom. The molecule has 0 unspecified atom stereocenters. The van der Waals surface area contributed by atoms with E-state index >= 15 is 0 Å². The van der Waals surface area contributed by atoms with Crippen LogP contribution in [-0.2, 0) is 11.3 Å². The standard InChI is InChI=1S/C20H19N3O2/c1-3-23-18(10-7-14-5-4-6-15(11-14)22-13-24)20(21)17-9-8-16(25-2)12-19(17)23/h4-6,8-9,11-13H,3,21H2,1-2H3,(H,22,24). The summed E-state index contributed by atoms with van der Waals surface area (Å²) in [6.45, 7) is 2.80. The average molecular weight is 333 g/mol. The molecule has 0 saturated carbocycles. The number of benzene rings is 2. The van der Waals surface area contributed by atoms with E-state index in [2.05, 4.69) is 28.6 Å². The normalized spacial score (nSPS) is 10.2. The summed E-state index contributed by atoms with van der Waals surface area (Å²) in [6.07, 6.45) is 0.646. The Labute approximate surface area is 146 Å². The van der Waals surface area contributed by atoms with E-state index in [0.29, 0.717) is 17.8 Å². The molecule has 25 heavy (non-hydrogen) atoms. The highest BCUT2D eigenvalue weighted by molar-refractivity contribution is 5.96. The maximum Gasteiger partial charge on any atom is 0.211 e. The number of methoxy groups -OCH3 is 1. The molecule has 0 atom stereocenters. The molecule has 0 spiro atoms. The first-order valence-corrected chi connectivity index (χ1v) is 7.96. The average Bonchev–Trinajstić information content (AvgIpc) is 2.91. The molecule has 3 N–H and O–H groups in total. The van der Waals surface area contributed by atoms with Crippen LogP contribution in [0.25, 0.3) is 10.9 Å². The van der Waals surface area contributed by atoms with Crippen molar-refractivity contribution in [3.05, 3.63) is 53.7 Å². The molecule has 0 saturated heterocycles. The molecule has 126 valence electrons. The molecule has 5 heteroatoms. The van der Waals surface area contributed by atoms with Crippen LogP contribution in [0, 0.1) is 11.8 Å². The first kappa shape index (κ1) is 16.5. The number of rotatable bonds is 4. The second kappa shape index (κ2) is 7.02. The molecule has 3 rings (SSSR count). The molecule has 0 radical (unpaired) electrons. The SMILES string of the molecule is CCn1c(C#Cc2cccc(NC=O)c2)c(N)c2ccc(OC)cc21. The molecule has 0 aliphatic carbocycles. The predicted octanol–water partition coefficient (Wildman–Crippen LogP) is 3.22. The Kier molecular flexibility index (Phi) is 4.62. The lowest BCUT2D eigenvalue weighted by molar-refractivity contribution is -0.105. The van der Waals surface area contributed by atoms with Gasteiger partial charge in [-0.25, -0.2) is 0 Å². The smallest absolute Gasteiger partial charge is 0.211 e. The van der Waals surface area contributed by atoms with Crippen LogP contribution >= 0.6 is 0 Å². The Hall–Kier alpha value is -3.39. The minimum Gasteiger partial charge on any atom is -0.497 e. The Bertz CT molecular complexity index is 993. The summed E-state index contributed by atoms with van der Waals surface area (Å²) in [4.78, 5) is 10.6. The van der Waals surface area contributed by atoms with Gasteiger partial charge in [0.2, 0.25) is 6.41 Å².